The monoisotopic (exact) mass is 301 g/mol. The van der Waals surface area contributed by atoms with E-state index in [1.165, 1.54) is 11.1 Å². The first-order valence-electron chi connectivity index (χ1n) is 6.94. The molecule has 3 heteroatoms. The van der Waals surface area contributed by atoms with Gasteiger partial charge >= 0.3 is 0 Å². The molecule has 0 aliphatic carbocycles. The van der Waals surface area contributed by atoms with E-state index in [1.54, 1.807) is 6.08 Å². The molecule has 110 valence electrons. The molecule has 2 rings (SSSR count). The Morgan fingerprint density at radius 3 is 2.81 bits per heavy atom. The maximum Gasteiger partial charge on any atom is 0.124 e. The van der Waals surface area contributed by atoms with Gasteiger partial charge in [0.2, 0.25) is 0 Å². The van der Waals surface area contributed by atoms with Crippen LogP contribution in [-0.4, -0.2) is 6.61 Å². The van der Waals surface area contributed by atoms with E-state index in [9.17, 15) is 0 Å². The molecule has 0 amide bonds. The number of hydrogen-bond donors (Lipinski definition) is 1. The van der Waals surface area contributed by atoms with E-state index < -0.39 is 0 Å². The van der Waals surface area contributed by atoms with Gasteiger partial charge in [0.15, 0.2) is 0 Å². The minimum atomic E-state index is 0.484. The Morgan fingerprint density at radius 1 is 1.24 bits per heavy atom. The fourth-order valence-corrected chi connectivity index (χ4v) is 2.30. The molecule has 0 aromatic heterocycles. The zero-order valence-corrected chi connectivity index (χ0v) is 13.2. The van der Waals surface area contributed by atoms with Crippen LogP contribution in [0.2, 0.25) is 5.02 Å². The maximum absolute atomic E-state index is 6.09. The Labute approximate surface area is 131 Å². The van der Waals surface area contributed by atoms with E-state index in [-0.39, 0.29) is 0 Å². The van der Waals surface area contributed by atoms with Crippen molar-refractivity contribution in [3.63, 3.8) is 0 Å². The molecular formula is C18H20ClNO. The SMILES string of the molecule is C=CCOc1ccc(Cl)cc1CNc1cccc(C)c1C. The Hall–Kier alpha value is -1.93. The lowest BCUT2D eigenvalue weighted by atomic mass is 10.1. The van der Waals surface area contributed by atoms with E-state index in [4.69, 9.17) is 16.3 Å². The molecule has 0 unspecified atom stereocenters. The summed E-state index contributed by atoms with van der Waals surface area (Å²) in [4.78, 5) is 0. The van der Waals surface area contributed by atoms with Gasteiger partial charge in [0.1, 0.15) is 12.4 Å². The van der Waals surface area contributed by atoms with Crippen molar-refractivity contribution in [3.8, 4) is 5.75 Å². The molecule has 2 aromatic carbocycles. The third kappa shape index (κ3) is 4.02. The minimum Gasteiger partial charge on any atom is -0.489 e. The van der Waals surface area contributed by atoms with Gasteiger partial charge in [-0.1, -0.05) is 36.4 Å². The average Bonchev–Trinajstić information content (AvgIpc) is 2.48. The summed E-state index contributed by atoms with van der Waals surface area (Å²) < 4.78 is 5.67. The van der Waals surface area contributed by atoms with Crippen LogP contribution in [0.5, 0.6) is 5.75 Å². The number of benzene rings is 2. The Morgan fingerprint density at radius 2 is 2.05 bits per heavy atom. The molecule has 0 spiro atoms. The van der Waals surface area contributed by atoms with Crippen molar-refractivity contribution in [2.75, 3.05) is 11.9 Å². The van der Waals surface area contributed by atoms with E-state index in [2.05, 4.69) is 43.9 Å². The second-order valence-corrected chi connectivity index (χ2v) is 5.39. The molecule has 0 atom stereocenters. The molecule has 0 heterocycles. The average molecular weight is 302 g/mol. The summed E-state index contributed by atoms with van der Waals surface area (Å²) in [6.45, 7) is 9.04. The van der Waals surface area contributed by atoms with Crippen molar-refractivity contribution in [1.82, 2.24) is 0 Å². The van der Waals surface area contributed by atoms with Crippen LogP contribution < -0.4 is 10.1 Å². The van der Waals surface area contributed by atoms with Crippen molar-refractivity contribution < 1.29 is 4.74 Å². The van der Waals surface area contributed by atoms with Crippen LogP contribution >= 0.6 is 11.6 Å². The summed E-state index contributed by atoms with van der Waals surface area (Å²) in [7, 11) is 0. The standard InChI is InChI=1S/C18H20ClNO/c1-4-10-21-18-9-8-16(19)11-15(18)12-20-17-7-5-6-13(2)14(17)3/h4-9,11,20H,1,10,12H2,2-3H3. The van der Waals surface area contributed by atoms with E-state index in [0.29, 0.717) is 18.2 Å². The van der Waals surface area contributed by atoms with Gasteiger partial charge in [-0.05, 0) is 49.2 Å². The number of aryl methyl sites for hydroxylation is 1. The molecule has 0 saturated carbocycles. The highest BCUT2D eigenvalue weighted by molar-refractivity contribution is 6.30. The Kier molecular flexibility index (Phi) is 5.29. The highest BCUT2D eigenvalue weighted by Crippen LogP contribution is 2.25. The highest BCUT2D eigenvalue weighted by atomic mass is 35.5. The minimum absolute atomic E-state index is 0.484. The fourth-order valence-electron chi connectivity index (χ4n) is 2.11. The molecule has 0 aliphatic heterocycles. The Balaban J connectivity index is 2.16. The van der Waals surface area contributed by atoms with Crippen LogP contribution in [0.4, 0.5) is 5.69 Å². The van der Waals surface area contributed by atoms with Gasteiger partial charge in [-0.3, -0.25) is 0 Å². The van der Waals surface area contributed by atoms with Crippen LogP contribution in [0.15, 0.2) is 49.1 Å². The zero-order chi connectivity index (χ0) is 15.2. The largest absolute Gasteiger partial charge is 0.489 e. The maximum atomic E-state index is 6.09. The quantitative estimate of drug-likeness (QED) is 0.746. The van der Waals surface area contributed by atoms with Crippen molar-refractivity contribution in [2.24, 2.45) is 0 Å². The smallest absolute Gasteiger partial charge is 0.124 e. The molecular weight excluding hydrogens is 282 g/mol. The van der Waals surface area contributed by atoms with E-state index >= 15 is 0 Å². The van der Waals surface area contributed by atoms with Crippen LogP contribution in [0, 0.1) is 13.8 Å². The van der Waals surface area contributed by atoms with E-state index in [1.807, 2.05) is 18.2 Å². The van der Waals surface area contributed by atoms with Gasteiger partial charge < -0.3 is 10.1 Å². The molecule has 2 aromatic rings. The van der Waals surface area contributed by atoms with Gasteiger partial charge in [0.05, 0.1) is 0 Å². The molecule has 0 bridgehead atoms. The Bertz CT molecular complexity index is 637. The number of ether oxygens (including phenoxy) is 1. The number of anilines is 1. The normalized spacial score (nSPS) is 10.2. The lowest BCUT2D eigenvalue weighted by molar-refractivity contribution is 0.359. The summed E-state index contributed by atoms with van der Waals surface area (Å²) in [5, 5.41) is 4.16. The molecule has 1 N–H and O–H groups in total. The number of nitrogens with one attached hydrogen (secondary N) is 1. The van der Waals surface area contributed by atoms with Gasteiger partial charge in [-0.25, -0.2) is 0 Å². The molecule has 0 saturated heterocycles. The second-order valence-electron chi connectivity index (χ2n) is 4.95. The fraction of sp³-hybridized carbons (Fsp3) is 0.222. The first kappa shape index (κ1) is 15.5. The summed E-state index contributed by atoms with van der Waals surface area (Å²) in [5.41, 5.74) is 4.69. The third-order valence-corrected chi connectivity index (χ3v) is 3.69. The van der Waals surface area contributed by atoms with E-state index in [0.717, 1.165) is 17.0 Å². The first-order valence-corrected chi connectivity index (χ1v) is 7.32. The van der Waals surface area contributed by atoms with Crippen LogP contribution in [0.1, 0.15) is 16.7 Å². The van der Waals surface area contributed by atoms with Gasteiger partial charge in [-0.15, -0.1) is 0 Å². The van der Waals surface area contributed by atoms with Crippen molar-refractivity contribution in [2.45, 2.75) is 20.4 Å². The highest BCUT2D eigenvalue weighted by Gasteiger charge is 2.06. The van der Waals surface area contributed by atoms with Crippen LogP contribution in [0.25, 0.3) is 0 Å². The van der Waals surface area contributed by atoms with Crippen molar-refractivity contribution in [3.05, 3.63) is 70.8 Å². The number of halogens is 1. The zero-order valence-electron chi connectivity index (χ0n) is 12.4. The first-order chi connectivity index (χ1) is 10.1. The lowest BCUT2D eigenvalue weighted by Gasteiger charge is -2.14. The molecule has 21 heavy (non-hydrogen) atoms. The van der Waals surface area contributed by atoms with Gasteiger partial charge in [0, 0.05) is 22.8 Å². The molecule has 2 nitrogen and oxygen atoms in total. The van der Waals surface area contributed by atoms with Crippen molar-refractivity contribution >= 4 is 17.3 Å². The number of hydrogen-bond acceptors (Lipinski definition) is 2. The topological polar surface area (TPSA) is 21.3 Å². The van der Waals surface area contributed by atoms with Crippen molar-refractivity contribution in [1.29, 1.82) is 0 Å². The second kappa shape index (κ2) is 7.19. The third-order valence-electron chi connectivity index (χ3n) is 3.45. The lowest BCUT2D eigenvalue weighted by Crippen LogP contribution is -2.05. The molecule has 0 radical (unpaired) electrons. The summed E-state index contributed by atoms with van der Waals surface area (Å²) in [6.07, 6.45) is 1.73. The number of rotatable bonds is 6. The van der Waals surface area contributed by atoms with Gasteiger partial charge in [0.25, 0.3) is 0 Å². The van der Waals surface area contributed by atoms with Crippen LogP contribution in [-0.2, 0) is 6.54 Å². The molecule has 0 aliphatic rings. The summed E-state index contributed by atoms with van der Waals surface area (Å²) in [5.74, 6) is 0.831. The van der Waals surface area contributed by atoms with Crippen LogP contribution in [0.3, 0.4) is 0 Å². The van der Waals surface area contributed by atoms with Gasteiger partial charge in [-0.2, -0.15) is 0 Å². The predicted molar refractivity (Wildman–Crippen MR) is 90.4 cm³/mol. The predicted octanol–water partition coefficient (Wildman–Crippen LogP) is 5.13. The molecule has 0 fully saturated rings. The summed E-state index contributed by atoms with van der Waals surface area (Å²) in [6, 6.07) is 11.9. The summed E-state index contributed by atoms with van der Waals surface area (Å²) >= 11 is 6.09.